The zero-order valence-electron chi connectivity index (χ0n) is 11.8. The summed E-state index contributed by atoms with van der Waals surface area (Å²) in [5.74, 6) is -0.433. The van der Waals surface area contributed by atoms with E-state index in [0.717, 1.165) is 32.6 Å². The van der Waals surface area contributed by atoms with Gasteiger partial charge in [-0.25, -0.2) is 4.39 Å². The lowest BCUT2D eigenvalue weighted by Crippen LogP contribution is -2.37. The first-order valence-electron chi connectivity index (χ1n) is 6.87. The van der Waals surface area contributed by atoms with Crippen molar-refractivity contribution in [2.24, 2.45) is 5.41 Å². The summed E-state index contributed by atoms with van der Waals surface area (Å²) in [5.41, 5.74) is 0.836. The molecule has 1 aromatic carbocycles. The Balaban J connectivity index is 2.05. The third kappa shape index (κ3) is 3.64. The summed E-state index contributed by atoms with van der Waals surface area (Å²) >= 11 is 12.2. The fourth-order valence-electron chi connectivity index (χ4n) is 2.48. The summed E-state index contributed by atoms with van der Waals surface area (Å²) in [7, 11) is 0. The van der Waals surface area contributed by atoms with Crippen molar-refractivity contribution >= 4 is 23.2 Å². The molecule has 0 aromatic heterocycles. The van der Waals surface area contributed by atoms with E-state index < -0.39 is 5.82 Å². The Kier molecular flexibility index (Phi) is 5.30. The zero-order chi connectivity index (χ0) is 14.8. The van der Waals surface area contributed by atoms with Crippen molar-refractivity contribution in [3.05, 3.63) is 33.6 Å². The van der Waals surface area contributed by atoms with Crippen LogP contribution in [0, 0.1) is 11.2 Å². The molecule has 1 N–H and O–H groups in total. The number of hydrogen-bond acceptors (Lipinski definition) is 2. The molecule has 2 nitrogen and oxygen atoms in total. The topological polar surface area (TPSA) is 21.3 Å². The van der Waals surface area contributed by atoms with Gasteiger partial charge in [-0.15, -0.1) is 0 Å². The summed E-state index contributed by atoms with van der Waals surface area (Å²) in [6, 6.07) is 2.75. The Morgan fingerprint density at radius 3 is 2.65 bits per heavy atom. The van der Waals surface area contributed by atoms with E-state index in [-0.39, 0.29) is 16.5 Å². The minimum absolute atomic E-state index is 0.0923. The molecule has 5 heteroatoms. The number of rotatable bonds is 4. The molecular formula is C15H20Cl2FNO. The Labute approximate surface area is 129 Å². The van der Waals surface area contributed by atoms with Gasteiger partial charge in [-0.2, -0.15) is 0 Å². The smallest absolute Gasteiger partial charge is 0.142 e. The first-order chi connectivity index (χ1) is 9.43. The van der Waals surface area contributed by atoms with Gasteiger partial charge >= 0.3 is 0 Å². The molecule has 2 rings (SSSR count). The summed E-state index contributed by atoms with van der Waals surface area (Å²) in [5, 5.41) is 4.03. The van der Waals surface area contributed by atoms with Crippen LogP contribution in [0.3, 0.4) is 0 Å². The van der Waals surface area contributed by atoms with Crippen LogP contribution in [0.4, 0.5) is 4.39 Å². The molecule has 0 spiro atoms. The number of ether oxygens (including phenoxy) is 1. The lowest BCUT2D eigenvalue weighted by molar-refractivity contribution is 0.0231. The van der Waals surface area contributed by atoms with E-state index in [1.165, 1.54) is 6.07 Å². The van der Waals surface area contributed by atoms with Gasteiger partial charge in [-0.1, -0.05) is 30.1 Å². The van der Waals surface area contributed by atoms with Crippen LogP contribution >= 0.6 is 23.2 Å². The minimum atomic E-state index is -0.433. The van der Waals surface area contributed by atoms with Crippen LogP contribution in [0.1, 0.15) is 38.3 Å². The normalized spacial score (nSPS) is 19.9. The van der Waals surface area contributed by atoms with Gasteiger partial charge in [0.2, 0.25) is 0 Å². The van der Waals surface area contributed by atoms with Gasteiger partial charge in [-0.3, -0.25) is 0 Å². The summed E-state index contributed by atoms with van der Waals surface area (Å²) in [4.78, 5) is 0. The van der Waals surface area contributed by atoms with Crippen LogP contribution in [0.2, 0.25) is 10.0 Å². The quantitative estimate of drug-likeness (QED) is 0.819. The van der Waals surface area contributed by atoms with Gasteiger partial charge < -0.3 is 10.1 Å². The molecule has 0 bridgehead atoms. The standard InChI is InChI=1S/C15H20Cl2FNO/c1-10(13-11(16)3-4-12(18)14(13)17)19-9-15(2)5-7-20-8-6-15/h3-4,10,19H,5-9H2,1-2H3. The second kappa shape index (κ2) is 6.61. The monoisotopic (exact) mass is 319 g/mol. The average Bonchev–Trinajstić information content (AvgIpc) is 2.42. The van der Waals surface area contributed by atoms with Crippen LogP contribution in [-0.4, -0.2) is 19.8 Å². The molecule has 1 aliphatic rings. The van der Waals surface area contributed by atoms with Gasteiger partial charge in [0.05, 0.1) is 5.02 Å². The molecule has 0 saturated carbocycles. The van der Waals surface area contributed by atoms with E-state index in [0.29, 0.717) is 10.6 Å². The maximum Gasteiger partial charge on any atom is 0.142 e. The molecule has 1 heterocycles. The van der Waals surface area contributed by atoms with Crippen LogP contribution in [0.25, 0.3) is 0 Å². The summed E-state index contributed by atoms with van der Waals surface area (Å²) < 4.78 is 18.9. The van der Waals surface area contributed by atoms with Crippen molar-refractivity contribution in [3.8, 4) is 0 Å². The predicted octanol–water partition coefficient (Wildman–Crippen LogP) is 4.60. The number of benzene rings is 1. The van der Waals surface area contributed by atoms with E-state index >= 15 is 0 Å². The molecule has 1 fully saturated rings. The maximum atomic E-state index is 13.6. The third-order valence-electron chi connectivity index (χ3n) is 4.05. The molecule has 0 amide bonds. The summed E-state index contributed by atoms with van der Waals surface area (Å²) in [6.45, 7) is 6.63. The largest absolute Gasteiger partial charge is 0.381 e. The number of halogens is 3. The van der Waals surface area contributed by atoms with Gasteiger partial charge in [0.25, 0.3) is 0 Å². The minimum Gasteiger partial charge on any atom is -0.381 e. The van der Waals surface area contributed by atoms with Crippen LogP contribution < -0.4 is 5.32 Å². The highest BCUT2D eigenvalue weighted by molar-refractivity contribution is 6.36. The highest BCUT2D eigenvalue weighted by Crippen LogP contribution is 2.34. The Morgan fingerprint density at radius 2 is 2.00 bits per heavy atom. The molecule has 1 aliphatic heterocycles. The molecule has 112 valence electrons. The van der Waals surface area contributed by atoms with Crippen molar-refractivity contribution < 1.29 is 9.13 Å². The van der Waals surface area contributed by atoms with Crippen LogP contribution in [-0.2, 0) is 4.74 Å². The molecule has 1 unspecified atom stereocenters. The zero-order valence-corrected chi connectivity index (χ0v) is 13.3. The van der Waals surface area contributed by atoms with Gasteiger partial charge in [0.15, 0.2) is 0 Å². The van der Waals surface area contributed by atoms with E-state index in [2.05, 4.69) is 12.2 Å². The summed E-state index contributed by atoms with van der Waals surface area (Å²) in [6.07, 6.45) is 2.05. The lowest BCUT2D eigenvalue weighted by Gasteiger charge is -2.35. The van der Waals surface area contributed by atoms with E-state index in [9.17, 15) is 4.39 Å². The molecule has 0 aliphatic carbocycles. The highest BCUT2D eigenvalue weighted by Gasteiger charge is 2.28. The van der Waals surface area contributed by atoms with Gasteiger partial charge in [0, 0.05) is 36.4 Å². The van der Waals surface area contributed by atoms with E-state index in [1.807, 2.05) is 6.92 Å². The fraction of sp³-hybridized carbons (Fsp3) is 0.600. The van der Waals surface area contributed by atoms with Gasteiger partial charge in [-0.05, 0) is 37.3 Å². The second-order valence-electron chi connectivity index (χ2n) is 5.78. The Hall–Kier alpha value is -0.350. The lowest BCUT2D eigenvalue weighted by atomic mass is 9.82. The van der Waals surface area contributed by atoms with Crippen molar-refractivity contribution in [2.45, 2.75) is 32.7 Å². The van der Waals surface area contributed by atoms with E-state index in [4.69, 9.17) is 27.9 Å². The molecule has 0 radical (unpaired) electrons. The number of nitrogens with one attached hydrogen (secondary N) is 1. The Bertz CT molecular complexity index is 475. The highest BCUT2D eigenvalue weighted by atomic mass is 35.5. The maximum absolute atomic E-state index is 13.6. The second-order valence-corrected chi connectivity index (χ2v) is 6.57. The predicted molar refractivity (Wildman–Crippen MR) is 81.0 cm³/mol. The molecule has 1 aromatic rings. The fourth-order valence-corrected chi connectivity index (χ4v) is 3.18. The van der Waals surface area contributed by atoms with Gasteiger partial charge in [0.1, 0.15) is 5.82 Å². The SMILES string of the molecule is CC(NCC1(C)CCOCC1)c1c(Cl)ccc(F)c1Cl. The molecule has 1 atom stereocenters. The Morgan fingerprint density at radius 1 is 1.35 bits per heavy atom. The van der Waals surface area contributed by atoms with Crippen LogP contribution in [0.5, 0.6) is 0 Å². The van der Waals surface area contributed by atoms with Crippen molar-refractivity contribution in [1.29, 1.82) is 0 Å². The van der Waals surface area contributed by atoms with Crippen LogP contribution in [0.15, 0.2) is 12.1 Å². The van der Waals surface area contributed by atoms with Crippen molar-refractivity contribution in [3.63, 3.8) is 0 Å². The molecule has 1 saturated heterocycles. The average molecular weight is 320 g/mol. The first-order valence-corrected chi connectivity index (χ1v) is 7.63. The first kappa shape index (κ1) is 16.0. The number of hydrogen-bond donors (Lipinski definition) is 1. The van der Waals surface area contributed by atoms with Crippen molar-refractivity contribution in [1.82, 2.24) is 5.32 Å². The van der Waals surface area contributed by atoms with E-state index in [1.54, 1.807) is 6.07 Å². The molecular weight excluding hydrogens is 300 g/mol. The van der Waals surface area contributed by atoms with Crippen molar-refractivity contribution in [2.75, 3.05) is 19.8 Å². The molecule has 20 heavy (non-hydrogen) atoms. The third-order valence-corrected chi connectivity index (χ3v) is 4.76.